The Hall–Kier alpha value is -0.650. The maximum atomic E-state index is 4.96. The molecule has 1 N–H and O–H groups in total. The molecule has 1 aliphatic rings. The third-order valence-electron chi connectivity index (χ3n) is 4.04. The van der Waals surface area contributed by atoms with E-state index in [1.165, 1.54) is 28.5 Å². The standard InChI is InChI=1S/C16H30N4S/c1-5-7-14-15(11-17-8-6-2)21-16(18-14)20-10-9-19(4)12-13(20)3/h13,17H,5-12H2,1-4H3. The molecule has 2 heterocycles. The predicted octanol–water partition coefficient (Wildman–Crippen LogP) is 2.74. The van der Waals surface area contributed by atoms with Crippen LogP contribution in [0.15, 0.2) is 0 Å². The van der Waals surface area contributed by atoms with Gasteiger partial charge in [0.2, 0.25) is 0 Å². The van der Waals surface area contributed by atoms with E-state index in [0.717, 1.165) is 39.1 Å². The average Bonchev–Trinajstić information content (AvgIpc) is 2.82. The van der Waals surface area contributed by atoms with E-state index in [0.29, 0.717) is 6.04 Å². The molecule has 0 saturated carbocycles. The largest absolute Gasteiger partial charge is 0.343 e. The van der Waals surface area contributed by atoms with Gasteiger partial charge in [0, 0.05) is 37.1 Å². The van der Waals surface area contributed by atoms with Crippen molar-refractivity contribution in [3.05, 3.63) is 10.6 Å². The Balaban J connectivity index is 2.10. The van der Waals surface area contributed by atoms with Crippen molar-refractivity contribution in [2.45, 2.75) is 52.6 Å². The average molecular weight is 311 g/mol. The minimum Gasteiger partial charge on any atom is -0.343 e. The lowest BCUT2D eigenvalue weighted by molar-refractivity contribution is 0.275. The number of nitrogens with zero attached hydrogens (tertiary/aromatic N) is 3. The van der Waals surface area contributed by atoms with Gasteiger partial charge in [0.05, 0.1) is 5.69 Å². The number of piperazine rings is 1. The van der Waals surface area contributed by atoms with Gasteiger partial charge in [-0.2, -0.15) is 0 Å². The van der Waals surface area contributed by atoms with Crippen LogP contribution in [0, 0.1) is 0 Å². The zero-order valence-electron chi connectivity index (χ0n) is 14.0. The van der Waals surface area contributed by atoms with Crippen LogP contribution >= 0.6 is 11.3 Å². The van der Waals surface area contributed by atoms with Crippen LogP contribution in [0.1, 0.15) is 44.2 Å². The fourth-order valence-electron chi connectivity index (χ4n) is 2.87. The summed E-state index contributed by atoms with van der Waals surface area (Å²) in [6, 6.07) is 0.556. The van der Waals surface area contributed by atoms with E-state index in [9.17, 15) is 0 Å². The highest BCUT2D eigenvalue weighted by atomic mass is 32.1. The summed E-state index contributed by atoms with van der Waals surface area (Å²) in [7, 11) is 2.21. The van der Waals surface area contributed by atoms with Crippen molar-refractivity contribution in [3.63, 3.8) is 0 Å². The minimum atomic E-state index is 0.556. The molecular formula is C16H30N4S. The molecule has 0 aliphatic carbocycles. The molecule has 1 saturated heterocycles. The van der Waals surface area contributed by atoms with Crippen LogP contribution < -0.4 is 10.2 Å². The molecule has 1 aliphatic heterocycles. The van der Waals surface area contributed by atoms with Gasteiger partial charge in [-0.15, -0.1) is 11.3 Å². The molecule has 2 rings (SSSR count). The third-order valence-corrected chi connectivity index (χ3v) is 5.18. The molecule has 0 spiro atoms. The second kappa shape index (κ2) is 8.11. The number of hydrogen-bond donors (Lipinski definition) is 1. The molecule has 21 heavy (non-hydrogen) atoms. The molecule has 1 aromatic heterocycles. The van der Waals surface area contributed by atoms with Gasteiger partial charge in [-0.1, -0.05) is 20.3 Å². The summed E-state index contributed by atoms with van der Waals surface area (Å²) in [5.74, 6) is 0. The Kier molecular flexibility index (Phi) is 6.45. The summed E-state index contributed by atoms with van der Waals surface area (Å²) in [4.78, 5) is 11.3. The lowest BCUT2D eigenvalue weighted by Gasteiger charge is -2.38. The first kappa shape index (κ1) is 16.7. The van der Waals surface area contributed by atoms with Crippen molar-refractivity contribution in [1.29, 1.82) is 0 Å². The maximum absolute atomic E-state index is 4.96. The van der Waals surface area contributed by atoms with Crippen molar-refractivity contribution in [1.82, 2.24) is 15.2 Å². The lowest BCUT2D eigenvalue weighted by atomic mass is 10.2. The summed E-state index contributed by atoms with van der Waals surface area (Å²) in [6.45, 7) is 12.2. The Morgan fingerprint density at radius 3 is 2.76 bits per heavy atom. The highest BCUT2D eigenvalue weighted by Crippen LogP contribution is 2.29. The van der Waals surface area contributed by atoms with E-state index < -0.39 is 0 Å². The van der Waals surface area contributed by atoms with Crippen LogP contribution in [-0.4, -0.2) is 49.2 Å². The first-order chi connectivity index (χ1) is 10.2. The molecule has 1 unspecified atom stereocenters. The van der Waals surface area contributed by atoms with Gasteiger partial charge in [-0.05, 0) is 33.4 Å². The smallest absolute Gasteiger partial charge is 0.186 e. The fourth-order valence-corrected chi connectivity index (χ4v) is 4.07. The van der Waals surface area contributed by atoms with Gasteiger partial charge < -0.3 is 15.1 Å². The molecule has 1 atom stereocenters. The monoisotopic (exact) mass is 310 g/mol. The molecule has 0 aromatic carbocycles. The normalized spacial score (nSPS) is 20.2. The van der Waals surface area contributed by atoms with E-state index in [2.05, 4.69) is 42.9 Å². The van der Waals surface area contributed by atoms with Crippen LogP contribution in [0.2, 0.25) is 0 Å². The van der Waals surface area contributed by atoms with E-state index in [1.807, 2.05) is 11.3 Å². The van der Waals surface area contributed by atoms with E-state index in [1.54, 1.807) is 0 Å². The Morgan fingerprint density at radius 2 is 2.10 bits per heavy atom. The van der Waals surface area contributed by atoms with E-state index >= 15 is 0 Å². The summed E-state index contributed by atoms with van der Waals surface area (Å²) < 4.78 is 0. The number of hydrogen-bond acceptors (Lipinski definition) is 5. The number of aryl methyl sites for hydroxylation is 1. The summed E-state index contributed by atoms with van der Waals surface area (Å²) in [5, 5.41) is 4.76. The SMILES string of the molecule is CCCNCc1sc(N2CCN(C)CC2C)nc1CCC. The van der Waals surface area contributed by atoms with Crippen molar-refractivity contribution in [2.75, 3.05) is 38.1 Å². The first-order valence-corrected chi connectivity index (χ1v) is 9.11. The van der Waals surface area contributed by atoms with Gasteiger partial charge in [0.25, 0.3) is 0 Å². The molecule has 0 amide bonds. The third kappa shape index (κ3) is 4.41. The molecule has 1 fully saturated rings. The van der Waals surface area contributed by atoms with Crippen molar-refractivity contribution < 1.29 is 0 Å². The van der Waals surface area contributed by atoms with Crippen LogP contribution in [0.4, 0.5) is 5.13 Å². The Bertz CT molecular complexity index is 432. The zero-order chi connectivity index (χ0) is 15.2. The molecular weight excluding hydrogens is 280 g/mol. The predicted molar refractivity (Wildman–Crippen MR) is 92.4 cm³/mol. The Labute approximate surface area is 133 Å². The van der Waals surface area contributed by atoms with Crippen LogP contribution in [-0.2, 0) is 13.0 Å². The van der Waals surface area contributed by atoms with E-state index in [-0.39, 0.29) is 0 Å². The summed E-state index contributed by atoms with van der Waals surface area (Å²) in [6.07, 6.45) is 3.45. The van der Waals surface area contributed by atoms with Gasteiger partial charge in [-0.25, -0.2) is 4.98 Å². The number of aromatic nitrogens is 1. The molecule has 0 radical (unpaired) electrons. The quantitative estimate of drug-likeness (QED) is 0.785. The Morgan fingerprint density at radius 1 is 1.29 bits per heavy atom. The number of rotatable bonds is 7. The topological polar surface area (TPSA) is 31.4 Å². The van der Waals surface area contributed by atoms with Gasteiger partial charge in [-0.3, -0.25) is 0 Å². The lowest BCUT2D eigenvalue weighted by Crippen LogP contribution is -2.50. The van der Waals surface area contributed by atoms with Crippen molar-refractivity contribution >= 4 is 16.5 Å². The number of nitrogens with one attached hydrogen (secondary N) is 1. The number of anilines is 1. The summed E-state index contributed by atoms with van der Waals surface area (Å²) in [5.41, 5.74) is 1.31. The first-order valence-electron chi connectivity index (χ1n) is 8.30. The van der Waals surface area contributed by atoms with Crippen LogP contribution in [0.3, 0.4) is 0 Å². The van der Waals surface area contributed by atoms with Gasteiger partial charge in [0.15, 0.2) is 5.13 Å². The number of likely N-dealkylation sites (N-methyl/N-ethyl adjacent to an activating group) is 1. The minimum absolute atomic E-state index is 0.556. The van der Waals surface area contributed by atoms with E-state index in [4.69, 9.17) is 4.98 Å². The van der Waals surface area contributed by atoms with Crippen LogP contribution in [0.25, 0.3) is 0 Å². The second-order valence-electron chi connectivity index (χ2n) is 6.10. The highest BCUT2D eigenvalue weighted by Gasteiger charge is 2.25. The summed E-state index contributed by atoms with van der Waals surface area (Å²) >= 11 is 1.90. The van der Waals surface area contributed by atoms with Crippen molar-refractivity contribution in [3.8, 4) is 0 Å². The molecule has 120 valence electrons. The van der Waals surface area contributed by atoms with Crippen LogP contribution in [0.5, 0.6) is 0 Å². The molecule has 0 bridgehead atoms. The van der Waals surface area contributed by atoms with Gasteiger partial charge in [0.1, 0.15) is 0 Å². The molecule has 1 aromatic rings. The fraction of sp³-hybridized carbons (Fsp3) is 0.812. The number of thiazole rings is 1. The molecule has 4 nitrogen and oxygen atoms in total. The maximum Gasteiger partial charge on any atom is 0.186 e. The zero-order valence-corrected chi connectivity index (χ0v) is 14.8. The molecule has 5 heteroatoms. The second-order valence-corrected chi connectivity index (χ2v) is 7.16. The van der Waals surface area contributed by atoms with Crippen molar-refractivity contribution in [2.24, 2.45) is 0 Å². The highest BCUT2D eigenvalue weighted by molar-refractivity contribution is 7.15. The van der Waals surface area contributed by atoms with Gasteiger partial charge >= 0.3 is 0 Å².